The Morgan fingerprint density at radius 3 is 2.56 bits per heavy atom. The number of carbonyl (C=O) groups is 2. The van der Waals surface area contributed by atoms with E-state index in [2.05, 4.69) is 17.1 Å². The summed E-state index contributed by atoms with van der Waals surface area (Å²) in [6.45, 7) is 2.29. The predicted octanol–water partition coefficient (Wildman–Crippen LogP) is 3.49. The normalized spacial score (nSPS) is 13.6. The van der Waals surface area contributed by atoms with Gasteiger partial charge in [-0.05, 0) is 49.4 Å². The largest absolute Gasteiger partial charge is 0.491 e. The molecule has 1 aliphatic rings. The van der Waals surface area contributed by atoms with E-state index in [1.807, 2.05) is 35.6 Å². The first-order valence-corrected chi connectivity index (χ1v) is 11.4. The van der Waals surface area contributed by atoms with Crippen LogP contribution in [0.4, 0.5) is 18.9 Å². The van der Waals surface area contributed by atoms with Crippen LogP contribution < -0.4 is 26.1 Å². The highest BCUT2D eigenvalue weighted by Crippen LogP contribution is 2.31. The molecule has 11 heteroatoms. The molecule has 0 bridgehead atoms. The molecule has 8 nitrogen and oxygen atoms in total. The number of amides is 2. The van der Waals surface area contributed by atoms with Gasteiger partial charge in [-0.15, -0.1) is 0 Å². The lowest BCUT2D eigenvalue weighted by atomic mass is 10.1. The molecule has 0 saturated heterocycles. The van der Waals surface area contributed by atoms with Crippen molar-refractivity contribution in [3.05, 3.63) is 71.6 Å². The molecule has 0 aromatic heterocycles. The van der Waals surface area contributed by atoms with E-state index in [4.69, 9.17) is 10.5 Å². The Hall–Kier alpha value is -4.02. The number of nitrogens with two attached hydrogens (primary N) is 1. The predicted molar refractivity (Wildman–Crippen MR) is 131 cm³/mol. The van der Waals surface area contributed by atoms with Crippen molar-refractivity contribution in [2.24, 2.45) is 10.8 Å². The van der Waals surface area contributed by atoms with E-state index in [9.17, 15) is 22.8 Å². The van der Waals surface area contributed by atoms with Gasteiger partial charge in [-0.2, -0.15) is 18.3 Å². The molecule has 2 amide bonds. The van der Waals surface area contributed by atoms with Crippen molar-refractivity contribution in [2.75, 3.05) is 18.2 Å². The van der Waals surface area contributed by atoms with E-state index >= 15 is 0 Å². The second-order valence-corrected chi connectivity index (χ2v) is 8.24. The summed E-state index contributed by atoms with van der Waals surface area (Å²) in [5.41, 5.74) is 7.19. The van der Waals surface area contributed by atoms with Crippen LogP contribution in [0.3, 0.4) is 0 Å². The van der Waals surface area contributed by atoms with Crippen molar-refractivity contribution in [2.45, 2.75) is 37.9 Å². The second kappa shape index (κ2) is 12.1. The second-order valence-electron chi connectivity index (χ2n) is 8.24. The number of ether oxygens (including phenoxy) is 1. The van der Waals surface area contributed by atoms with Gasteiger partial charge in [-0.3, -0.25) is 9.59 Å². The molecule has 1 aliphatic carbocycles. The van der Waals surface area contributed by atoms with Crippen LogP contribution in [-0.4, -0.2) is 43.9 Å². The maximum atomic E-state index is 12.5. The van der Waals surface area contributed by atoms with Crippen LogP contribution in [0.25, 0.3) is 0 Å². The Labute approximate surface area is 207 Å². The minimum atomic E-state index is -4.54. The molecule has 36 heavy (non-hydrogen) atoms. The van der Waals surface area contributed by atoms with Crippen LogP contribution in [0, 0.1) is 0 Å². The van der Waals surface area contributed by atoms with Crippen molar-refractivity contribution < 1.29 is 27.5 Å². The van der Waals surface area contributed by atoms with Gasteiger partial charge in [-0.25, -0.2) is 5.01 Å². The molecule has 0 aliphatic heterocycles. The maximum Gasteiger partial charge on any atom is 0.405 e. The third-order valence-corrected chi connectivity index (χ3v) is 5.22. The summed E-state index contributed by atoms with van der Waals surface area (Å²) >= 11 is 0. The number of carbonyl (C=O) groups excluding carboxylic acids is 2. The smallest absolute Gasteiger partial charge is 0.405 e. The van der Waals surface area contributed by atoms with E-state index in [1.54, 1.807) is 0 Å². The number of hydrogen-bond donors (Lipinski definition) is 3. The first kappa shape index (κ1) is 26.6. The fourth-order valence-electron chi connectivity index (χ4n) is 3.22. The fraction of sp³-hybridized carbons (Fsp3) is 0.320. The van der Waals surface area contributed by atoms with E-state index in [1.165, 1.54) is 29.4 Å². The highest BCUT2D eigenvalue weighted by Gasteiger charge is 2.28. The molecule has 0 heterocycles. The van der Waals surface area contributed by atoms with Gasteiger partial charge in [0, 0.05) is 18.3 Å². The topological polar surface area (TPSA) is 109 Å². The lowest BCUT2D eigenvalue weighted by molar-refractivity contribution is -0.123. The minimum Gasteiger partial charge on any atom is -0.491 e. The van der Waals surface area contributed by atoms with Crippen molar-refractivity contribution in [3.63, 3.8) is 0 Å². The average Bonchev–Trinajstić information content (AvgIpc) is 3.67. The molecule has 2 aromatic carbocycles. The quantitative estimate of drug-likeness (QED) is 0.178. The van der Waals surface area contributed by atoms with Gasteiger partial charge in [0.1, 0.15) is 23.7 Å². The Kier molecular flexibility index (Phi) is 8.93. The van der Waals surface area contributed by atoms with Gasteiger partial charge in [0.15, 0.2) is 0 Å². The summed E-state index contributed by atoms with van der Waals surface area (Å²) in [5.74, 6) is -1.20. The van der Waals surface area contributed by atoms with E-state index in [-0.39, 0.29) is 29.7 Å². The maximum absolute atomic E-state index is 12.5. The molecule has 0 spiro atoms. The summed E-state index contributed by atoms with van der Waals surface area (Å²) in [4.78, 5) is 24.5. The number of alkyl halides is 3. The fourth-order valence-corrected chi connectivity index (χ4v) is 3.22. The number of hydrogen-bond acceptors (Lipinski definition) is 6. The van der Waals surface area contributed by atoms with Crippen molar-refractivity contribution in [3.8, 4) is 5.75 Å². The van der Waals surface area contributed by atoms with Crippen LogP contribution in [0.15, 0.2) is 65.5 Å². The number of aryl methyl sites for hydroxylation is 1. The van der Waals surface area contributed by atoms with Crippen molar-refractivity contribution >= 4 is 24.2 Å². The monoisotopic (exact) mass is 503 g/mol. The van der Waals surface area contributed by atoms with Gasteiger partial charge in [0.25, 0.3) is 11.8 Å². The van der Waals surface area contributed by atoms with E-state index in [0.29, 0.717) is 12.1 Å². The average molecular weight is 504 g/mol. The summed E-state index contributed by atoms with van der Waals surface area (Å²) < 4.78 is 43.5. The highest BCUT2D eigenvalue weighted by molar-refractivity contribution is 5.96. The zero-order chi connectivity index (χ0) is 26.1. The highest BCUT2D eigenvalue weighted by atomic mass is 19.4. The van der Waals surface area contributed by atoms with Crippen molar-refractivity contribution in [1.29, 1.82) is 0 Å². The molecule has 0 radical (unpaired) electrons. The number of anilines is 1. The van der Waals surface area contributed by atoms with Gasteiger partial charge >= 0.3 is 6.18 Å². The number of nitrogens with zero attached hydrogens (tertiary/aromatic N) is 2. The minimum absolute atomic E-state index is 0.0338. The molecule has 192 valence electrons. The lowest BCUT2D eigenvalue weighted by Gasteiger charge is -2.20. The Morgan fingerprint density at radius 2 is 1.92 bits per heavy atom. The third-order valence-electron chi connectivity index (χ3n) is 5.22. The third kappa shape index (κ3) is 8.33. The molecular weight excluding hydrogens is 475 g/mol. The number of hydrazone groups is 1. The van der Waals surface area contributed by atoms with Crippen LogP contribution in [0.5, 0.6) is 5.75 Å². The molecule has 0 atom stereocenters. The molecule has 1 fully saturated rings. The molecule has 1 saturated carbocycles. The number of nitrogens with one attached hydrogen (secondary N) is 2. The first-order chi connectivity index (χ1) is 17.2. The van der Waals surface area contributed by atoms with Gasteiger partial charge in [0.05, 0.1) is 12.8 Å². The van der Waals surface area contributed by atoms with Gasteiger partial charge < -0.3 is 21.1 Å². The van der Waals surface area contributed by atoms with Crippen LogP contribution in [-0.2, 0) is 11.2 Å². The van der Waals surface area contributed by atoms with E-state index in [0.717, 1.165) is 24.8 Å². The standard InChI is InChI=1S/C25H28F3N5O3/c1-30-33(15-20(29)24(35)32-19-10-11-19)21-12-9-18(23(34)31-16-25(26,27)28)14-22(21)36-13-5-8-17-6-3-2-4-7-17/h2-4,6-7,9,12,14-15,19H,1,5,8,10-11,13,16,29H2,(H,31,34)(H,32,35)/b20-15-. The Balaban J connectivity index is 1.78. The molecule has 0 unspecified atom stereocenters. The lowest BCUT2D eigenvalue weighted by Crippen LogP contribution is -2.33. The summed E-state index contributed by atoms with van der Waals surface area (Å²) in [5, 5.41) is 9.68. The van der Waals surface area contributed by atoms with Crippen LogP contribution >= 0.6 is 0 Å². The Bertz CT molecular complexity index is 1100. The van der Waals surface area contributed by atoms with Crippen molar-refractivity contribution in [1.82, 2.24) is 10.6 Å². The summed E-state index contributed by atoms with van der Waals surface area (Å²) in [7, 11) is 0. The molecule has 2 aromatic rings. The summed E-state index contributed by atoms with van der Waals surface area (Å²) in [6, 6.07) is 13.9. The molecular formula is C25H28F3N5O3. The zero-order valence-electron chi connectivity index (χ0n) is 19.6. The SMILES string of the molecule is C=NN(/C=C(\N)C(=O)NC1CC1)c1ccc(C(=O)NCC(F)(F)F)cc1OCCCc1ccccc1. The molecule has 4 N–H and O–H groups in total. The number of rotatable bonds is 12. The first-order valence-electron chi connectivity index (χ1n) is 11.4. The molecule has 3 rings (SSSR count). The number of benzene rings is 2. The number of halogens is 3. The van der Waals surface area contributed by atoms with Crippen LogP contribution in [0.2, 0.25) is 0 Å². The van der Waals surface area contributed by atoms with Gasteiger partial charge in [-0.1, -0.05) is 30.3 Å². The van der Waals surface area contributed by atoms with Gasteiger partial charge in [0.2, 0.25) is 0 Å². The van der Waals surface area contributed by atoms with E-state index < -0.39 is 24.5 Å². The Morgan fingerprint density at radius 1 is 1.19 bits per heavy atom. The summed E-state index contributed by atoms with van der Waals surface area (Å²) in [6.07, 6.45) is -0.126. The zero-order valence-corrected chi connectivity index (χ0v) is 19.6. The van der Waals surface area contributed by atoms with Crippen LogP contribution in [0.1, 0.15) is 35.2 Å².